The normalized spacial score (nSPS) is 27.2. The molecule has 2 aromatic rings. The largest absolute Gasteiger partial charge is 0.598 e. The van der Waals surface area contributed by atoms with Gasteiger partial charge in [0.05, 0.1) is 12.2 Å². The van der Waals surface area contributed by atoms with Crippen molar-refractivity contribution in [3.05, 3.63) is 42.2 Å². The van der Waals surface area contributed by atoms with Gasteiger partial charge in [0.15, 0.2) is 0 Å². The van der Waals surface area contributed by atoms with Crippen LogP contribution in [0.15, 0.2) is 36.7 Å². The van der Waals surface area contributed by atoms with Gasteiger partial charge in [-0.3, -0.25) is 9.58 Å². The molecule has 2 bridgehead atoms. The van der Waals surface area contributed by atoms with E-state index in [1.165, 1.54) is 18.4 Å². The van der Waals surface area contributed by atoms with E-state index < -0.39 is 11.4 Å². The number of fused-ring (bicyclic) bond motifs is 3. The first-order chi connectivity index (χ1) is 13.7. The molecular weight excluding hydrogens is 380 g/mol. The van der Waals surface area contributed by atoms with Crippen LogP contribution in [-0.4, -0.2) is 43.1 Å². The Balaban J connectivity index is 1.74. The lowest BCUT2D eigenvalue weighted by Gasteiger charge is -2.56. The Labute approximate surface area is 178 Å². The molecular formula is C23H34N4OS. The fourth-order valence-electron chi connectivity index (χ4n) is 5.06. The summed E-state index contributed by atoms with van der Waals surface area (Å²) in [7, 11) is 4.20. The summed E-state index contributed by atoms with van der Waals surface area (Å²) < 4.78 is 18.3. The van der Waals surface area contributed by atoms with Crippen LogP contribution in [-0.2, 0) is 18.4 Å². The monoisotopic (exact) mass is 414 g/mol. The average molecular weight is 415 g/mol. The smallest absolute Gasteiger partial charge is 0.136 e. The quantitative estimate of drug-likeness (QED) is 0.750. The highest BCUT2D eigenvalue weighted by Gasteiger charge is 2.52. The molecule has 2 saturated heterocycles. The Morgan fingerprint density at radius 2 is 1.93 bits per heavy atom. The third-order valence-corrected chi connectivity index (χ3v) is 8.40. The van der Waals surface area contributed by atoms with Gasteiger partial charge in [-0.25, -0.2) is 0 Å². The summed E-state index contributed by atoms with van der Waals surface area (Å²) in [4.78, 5) is 2.54. The average Bonchev–Trinajstić information content (AvgIpc) is 3.12. The predicted octanol–water partition coefficient (Wildman–Crippen LogP) is 4.05. The highest BCUT2D eigenvalue weighted by atomic mass is 32.2. The fourth-order valence-corrected chi connectivity index (χ4v) is 5.98. The van der Waals surface area contributed by atoms with Crippen LogP contribution in [0, 0.1) is 5.92 Å². The van der Waals surface area contributed by atoms with Crippen LogP contribution in [0.2, 0.25) is 0 Å². The number of hydrogen-bond donors (Lipinski definition) is 1. The first kappa shape index (κ1) is 20.9. The molecule has 3 heterocycles. The van der Waals surface area contributed by atoms with Crippen molar-refractivity contribution in [3.8, 4) is 11.1 Å². The number of aromatic nitrogens is 2. The summed E-state index contributed by atoms with van der Waals surface area (Å²) in [6.07, 6.45) is 8.81. The molecule has 3 aliphatic rings. The van der Waals surface area contributed by atoms with Crippen molar-refractivity contribution >= 4 is 11.4 Å². The van der Waals surface area contributed by atoms with Crippen LogP contribution in [0.4, 0.5) is 0 Å². The molecule has 0 amide bonds. The Morgan fingerprint density at radius 1 is 1.21 bits per heavy atom. The van der Waals surface area contributed by atoms with Crippen molar-refractivity contribution in [1.29, 1.82) is 0 Å². The maximum atomic E-state index is 13.2. The van der Waals surface area contributed by atoms with E-state index >= 15 is 0 Å². The van der Waals surface area contributed by atoms with Gasteiger partial charge in [0.1, 0.15) is 4.75 Å². The topological polar surface area (TPSA) is 56.1 Å². The first-order valence-electron chi connectivity index (χ1n) is 10.7. The molecule has 6 heteroatoms. The second kappa shape index (κ2) is 7.73. The van der Waals surface area contributed by atoms with Crippen molar-refractivity contribution < 1.29 is 4.55 Å². The molecule has 0 spiro atoms. The molecule has 2 aliphatic heterocycles. The van der Waals surface area contributed by atoms with Gasteiger partial charge in [-0.1, -0.05) is 18.2 Å². The number of likely N-dealkylation sites (N-methyl/N-ethyl adjacent to an activating group) is 1. The number of rotatable bonds is 5. The molecule has 5 nitrogen and oxygen atoms in total. The van der Waals surface area contributed by atoms with Gasteiger partial charge in [0.2, 0.25) is 0 Å². The molecule has 2 atom stereocenters. The number of piperidine rings is 2. The minimum atomic E-state index is -1.13. The van der Waals surface area contributed by atoms with Crippen molar-refractivity contribution in [2.45, 2.75) is 62.8 Å². The van der Waals surface area contributed by atoms with Crippen LogP contribution in [0.1, 0.15) is 58.1 Å². The lowest BCUT2D eigenvalue weighted by Crippen LogP contribution is -2.63. The van der Waals surface area contributed by atoms with Crippen LogP contribution < -0.4 is 4.72 Å². The Bertz CT molecular complexity index is 851. The summed E-state index contributed by atoms with van der Waals surface area (Å²) in [6.45, 7) is 7.26. The number of benzene rings is 1. The van der Waals surface area contributed by atoms with E-state index in [0.29, 0.717) is 0 Å². The summed E-state index contributed by atoms with van der Waals surface area (Å²) in [5.41, 5.74) is 3.51. The van der Waals surface area contributed by atoms with E-state index in [0.717, 1.165) is 36.4 Å². The van der Waals surface area contributed by atoms with Gasteiger partial charge in [-0.2, -0.15) is 5.10 Å². The Hall–Kier alpha value is -1.34. The SMILES string of the molecule is CN1CC2CCC1(C(N[S+]([O-])C(C)(C)C)c1cccc(-c3cnn(C)c3)c1)CC2. The fraction of sp³-hybridized carbons (Fsp3) is 0.609. The highest BCUT2D eigenvalue weighted by molar-refractivity contribution is 7.90. The van der Waals surface area contributed by atoms with E-state index in [2.05, 4.69) is 46.0 Å². The van der Waals surface area contributed by atoms with Crippen LogP contribution >= 0.6 is 0 Å². The van der Waals surface area contributed by atoms with Gasteiger partial charge in [0, 0.05) is 42.3 Å². The van der Waals surface area contributed by atoms with Gasteiger partial charge in [-0.05, 0) is 76.6 Å². The summed E-state index contributed by atoms with van der Waals surface area (Å²) in [5, 5.41) is 4.33. The number of aryl methyl sites for hydroxylation is 1. The van der Waals surface area contributed by atoms with Crippen molar-refractivity contribution in [2.24, 2.45) is 13.0 Å². The molecule has 0 radical (unpaired) electrons. The van der Waals surface area contributed by atoms with Crippen molar-refractivity contribution in [2.75, 3.05) is 13.6 Å². The number of nitrogens with one attached hydrogen (secondary N) is 1. The van der Waals surface area contributed by atoms with E-state index in [1.807, 2.05) is 44.9 Å². The molecule has 1 N–H and O–H groups in total. The minimum Gasteiger partial charge on any atom is -0.598 e. The molecule has 1 aromatic heterocycles. The predicted molar refractivity (Wildman–Crippen MR) is 120 cm³/mol. The van der Waals surface area contributed by atoms with E-state index in [-0.39, 0.29) is 16.3 Å². The van der Waals surface area contributed by atoms with Crippen LogP contribution in [0.3, 0.4) is 0 Å². The molecule has 5 rings (SSSR count). The zero-order valence-electron chi connectivity index (χ0n) is 18.3. The number of hydrogen-bond acceptors (Lipinski definition) is 4. The molecule has 158 valence electrons. The van der Waals surface area contributed by atoms with Crippen LogP contribution in [0.5, 0.6) is 0 Å². The van der Waals surface area contributed by atoms with E-state index in [9.17, 15) is 4.55 Å². The summed E-state index contributed by atoms with van der Waals surface area (Å²) in [6, 6.07) is 8.75. The van der Waals surface area contributed by atoms with Gasteiger partial charge in [-0.15, -0.1) is 4.72 Å². The van der Waals surface area contributed by atoms with Gasteiger partial charge < -0.3 is 4.55 Å². The molecule has 29 heavy (non-hydrogen) atoms. The number of nitrogens with zero attached hydrogens (tertiary/aromatic N) is 3. The first-order valence-corrected chi connectivity index (χ1v) is 11.8. The Kier molecular flexibility index (Phi) is 5.57. The van der Waals surface area contributed by atoms with Gasteiger partial charge in [0.25, 0.3) is 0 Å². The van der Waals surface area contributed by atoms with Gasteiger partial charge >= 0.3 is 0 Å². The van der Waals surface area contributed by atoms with Crippen LogP contribution in [0.25, 0.3) is 11.1 Å². The van der Waals surface area contributed by atoms with E-state index in [4.69, 9.17) is 0 Å². The maximum absolute atomic E-state index is 13.2. The third-order valence-electron chi connectivity index (χ3n) is 6.84. The lowest BCUT2D eigenvalue weighted by atomic mass is 9.66. The summed E-state index contributed by atoms with van der Waals surface area (Å²) in [5.74, 6) is 0.817. The highest BCUT2D eigenvalue weighted by Crippen LogP contribution is 2.49. The van der Waals surface area contributed by atoms with Crippen molar-refractivity contribution in [3.63, 3.8) is 0 Å². The molecule has 3 fully saturated rings. The minimum absolute atomic E-state index is 0.0171. The molecule has 2 unspecified atom stereocenters. The molecule has 1 aliphatic carbocycles. The maximum Gasteiger partial charge on any atom is 0.136 e. The second-order valence-corrected chi connectivity index (χ2v) is 11.9. The zero-order chi connectivity index (χ0) is 20.8. The molecule has 1 saturated carbocycles. The zero-order valence-corrected chi connectivity index (χ0v) is 19.1. The second-order valence-electron chi connectivity index (χ2n) is 9.89. The van der Waals surface area contributed by atoms with Crippen molar-refractivity contribution in [1.82, 2.24) is 19.4 Å². The summed E-state index contributed by atoms with van der Waals surface area (Å²) >= 11 is -1.13. The third kappa shape index (κ3) is 4.00. The van der Waals surface area contributed by atoms with E-state index in [1.54, 1.807) is 0 Å². The Morgan fingerprint density at radius 3 is 2.52 bits per heavy atom. The molecule has 1 aromatic carbocycles. The standard InChI is InChI=1S/C23H34N4OS/c1-22(2,3)29(28)25-21(23-11-9-17(10-12-23)15-26(23)4)19-8-6-7-18(13-19)20-14-24-27(5)16-20/h6-8,13-14,16-17,21,25H,9-12,15H2,1-5H3. The lowest BCUT2D eigenvalue weighted by molar-refractivity contribution is -0.0372.